The summed E-state index contributed by atoms with van der Waals surface area (Å²) in [5.41, 5.74) is 1.48. The molecule has 0 fully saturated rings. The fraction of sp³-hybridized carbons (Fsp3) is 0.467. The summed E-state index contributed by atoms with van der Waals surface area (Å²) in [6, 6.07) is 9.12. The lowest BCUT2D eigenvalue weighted by molar-refractivity contribution is 0.883. The summed E-state index contributed by atoms with van der Waals surface area (Å²) in [6.07, 6.45) is 3.85. The molecule has 2 rings (SSSR count). The van der Waals surface area contributed by atoms with E-state index in [2.05, 4.69) is 55.3 Å². The summed E-state index contributed by atoms with van der Waals surface area (Å²) in [5, 5.41) is 4.31. The van der Waals surface area contributed by atoms with Gasteiger partial charge in [0.1, 0.15) is 0 Å². The van der Waals surface area contributed by atoms with Crippen molar-refractivity contribution in [2.45, 2.75) is 38.4 Å². The number of rotatable bonds is 6. The second kappa shape index (κ2) is 6.46. The number of hydrogen-bond donors (Lipinski definition) is 0. The minimum absolute atomic E-state index is 0.734. The van der Waals surface area contributed by atoms with E-state index in [9.17, 15) is 0 Å². The van der Waals surface area contributed by atoms with Gasteiger partial charge in [-0.05, 0) is 47.1 Å². The summed E-state index contributed by atoms with van der Waals surface area (Å²) in [7, 11) is 0. The highest BCUT2D eigenvalue weighted by Gasteiger charge is 2.05. The monoisotopic (exact) mass is 264 g/mol. The number of hydrogen-bond acceptors (Lipinski definition) is 2. The quantitative estimate of drug-likeness (QED) is 0.632. The van der Waals surface area contributed by atoms with Crippen molar-refractivity contribution in [2.75, 3.05) is 5.75 Å². The Morgan fingerprint density at radius 1 is 1.29 bits per heavy atom. The molecule has 1 aromatic carbocycles. The Kier molecular flexibility index (Phi) is 4.93. The predicted molar refractivity (Wildman–Crippen MR) is 82.4 cm³/mol. The van der Waals surface area contributed by atoms with E-state index in [4.69, 9.17) is 0 Å². The first kappa shape index (κ1) is 13.0. The summed E-state index contributed by atoms with van der Waals surface area (Å²) >= 11 is 3.93. The molecule has 1 heterocycles. The third kappa shape index (κ3) is 3.75. The van der Waals surface area contributed by atoms with Crippen molar-refractivity contribution >= 4 is 33.2 Å². The third-order valence-electron chi connectivity index (χ3n) is 2.94. The first-order chi connectivity index (χ1) is 8.29. The van der Waals surface area contributed by atoms with E-state index in [-0.39, 0.29) is 0 Å². The molecule has 0 aliphatic heterocycles. The molecule has 0 nitrogen and oxygen atoms in total. The fourth-order valence-electron chi connectivity index (χ4n) is 1.96. The van der Waals surface area contributed by atoms with Crippen LogP contribution >= 0.6 is 23.1 Å². The molecular formula is C15H20S2. The third-order valence-corrected chi connectivity index (χ3v) is 5.10. The summed E-state index contributed by atoms with van der Waals surface area (Å²) in [5.74, 6) is 1.30. The van der Waals surface area contributed by atoms with E-state index in [0.717, 1.165) is 5.25 Å². The van der Waals surface area contributed by atoms with Gasteiger partial charge in [-0.25, -0.2) is 0 Å². The average molecular weight is 264 g/mol. The Morgan fingerprint density at radius 3 is 3.00 bits per heavy atom. The van der Waals surface area contributed by atoms with Crippen LogP contribution in [-0.2, 0) is 6.42 Å². The molecule has 17 heavy (non-hydrogen) atoms. The van der Waals surface area contributed by atoms with Crippen LogP contribution in [0.5, 0.6) is 0 Å². The number of thiophene rings is 1. The molecule has 2 aromatic rings. The summed E-state index contributed by atoms with van der Waals surface area (Å²) < 4.78 is 1.40. The van der Waals surface area contributed by atoms with Gasteiger partial charge in [0.05, 0.1) is 0 Å². The van der Waals surface area contributed by atoms with E-state index < -0.39 is 0 Å². The second-order valence-electron chi connectivity index (χ2n) is 4.53. The van der Waals surface area contributed by atoms with Crippen molar-refractivity contribution in [1.82, 2.24) is 0 Å². The van der Waals surface area contributed by atoms with Gasteiger partial charge in [-0.1, -0.05) is 32.4 Å². The fourth-order valence-corrected chi connectivity index (χ4v) is 3.90. The number of fused-ring (bicyclic) bond motifs is 1. The first-order valence-corrected chi connectivity index (χ1v) is 8.30. The average Bonchev–Trinajstić information content (AvgIpc) is 2.76. The van der Waals surface area contributed by atoms with E-state index in [1.807, 2.05) is 11.3 Å². The van der Waals surface area contributed by atoms with Gasteiger partial charge < -0.3 is 0 Å². The minimum atomic E-state index is 0.734. The van der Waals surface area contributed by atoms with Crippen LogP contribution in [0.1, 0.15) is 32.3 Å². The lowest BCUT2D eigenvalue weighted by atomic mass is 10.1. The first-order valence-electron chi connectivity index (χ1n) is 6.37. The zero-order valence-electron chi connectivity index (χ0n) is 10.6. The highest BCUT2D eigenvalue weighted by atomic mass is 32.2. The lowest BCUT2D eigenvalue weighted by Crippen LogP contribution is -2.02. The van der Waals surface area contributed by atoms with E-state index >= 15 is 0 Å². The molecule has 0 unspecified atom stereocenters. The molecule has 0 spiro atoms. The lowest BCUT2D eigenvalue weighted by Gasteiger charge is -2.11. The summed E-state index contributed by atoms with van der Waals surface area (Å²) in [4.78, 5) is 0. The van der Waals surface area contributed by atoms with Crippen LogP contribution in [-0.4, -0.2) is 11.0 Å². The maximum Gasteiger partial charge on any atom is 0.0342 e. The standard InChI is InChI=1S/C15H20S2/c1-3-4-8-16-12(2)10-13-5-6-15-14(11-13)7-9-17-15/h5-7,9,11-12H,3-4,8,10H2,1-2H3/t12-/m0/s1. The molecule has 0 aliphatic carbocycles. The minimum Gasteiger partial charge on any atom is -0.159 e. The van der Waals surface area contributed by atoms with Gasteiger partial charge in [-0.15, -0.1) is 11.3 Å². The second-order valence-corrected chi connectivity index (χ2v) is 7.03. The Labute approximate surface area is 112 Å². The topological polar surface area (TPSA) is 0 Å². The molecule has 0 bridgehead atoms. The maximum atomic E-state index is 2.35. The largest absolute Gasteiger partial charge is 0.159 e. The summed E-state index contributed by atoms with van der Waals surface area (Å²) in [6.45, 7) is 4.61. The van der Waals surface area contributed by atoms with Crippen molar-refractivity contribution in [1.29, 1.82) is 0 Å². The van der Waals surface area contributed by atoms with Crippen LogP contribution in [0.25, 0.3) is 10.1 Å². The van der Waals surface area contributed by atoms with Crippen LogP contribution in [0, 0.1) is 0 Å². The molecular weight excluding hydrogens is 244 g/mol. The van der Waals surface area contributed by atoms with Crippen LogP contribution in [0.4, 0.5) is 0 Å². The molecule has 0 radical (unpaired) electrons. The molecule has 0 saturated heterocycles. The number of thioether (sulfide) groups is 1. The van der Waals surface area contributed by atoms with Gasteiger partial charge in [0.15, 0.2) is 0 Å². The van der Waals surface area contributed by atoms with Gasteiger partial charge in [0.25, 0.3) is 0 Å². The van der Waals surface area contributed by atoms with Gasteiger partial charge in [0, 0.05) is 9.95 Å². The van der Waals surface area contributed by atoms with Gasteiger partial charge in [-0.3, -0.25) is 0 Å². The van der Waals surface area contributed by atoms with Gasteiger partial charge in [-0.2, -0.15) is 11.8 Å². The highest BCUT2D eigenvalue weighted by Crippen LogP contribution is 2.24. The van der Waals surface area contributed by atoms with Crippen molar-refractivity contribution in [3.05, 3.63) is 35.2 Å². The predicted octanol–water partition coefficient (Wildman–Crippen LogP) is 5.37. The van der Waals surface area contributed by atoms with Crippen LogP contribution in [0.2, 0.25) is 0 Å². The van der Waals surface area contributed by atoms with E-state index in [1.54, 1.807) is 0 Å². The molecule has 0 saturated carbocycles. The molecule has 92 valence electrons. The van der Waals surface area contributed by atoms with Crippen molar-refractivity contribution in [2.24, 2.45) is 0 Å². The smallest absolute Gasteiger partial charge is 0.0342 e. The van der Waals surface area contributed by atoms with Crippen molar-refractivity contribution in [3.8, 4) is 0 Å². The Bertz CT molecular complexity index is 459. The molecule has 0 amide bonds. The van der Waals surface area contributed by atoms with Gasteiger partial charge >= 0.3 is 0 Å². The Hall–Kier alpha value is -0.470. The molecule has 1 aromatic heterocycles. The molecule has 2 heteroatoms. The van der Waals surface area contributed by atoms with Crippen LogP contribution in [0.15, 0.2) is 29.6 Å². The molecule has 1 atom stereocenters. The Balaban J connectivity index is 1.93. The Morgan fingerprint density at radius 2 is 2.18 bits per heavy atom. The van der Waals surface area contributed by atoms with Crippen LogP contribution < -0.4 is 0 Å². The zero-order valence-corrected chi connectivity index (χ0v) is 12.2. The number of benzene rings is 1. The van der Waals surface area contributed by atoms with E-state index in [1.165, 1.54) is 40.7 Å². The van der Waals surface area contributed by atoms with Crippen LogP contribution in [0.3, 0.4) is 0 Å². The van der Waals surface area contributed by atoms with Gasteiger partial charge in [0.2, 0.25) is 0 Å². The molecule has 0 N–H and O–H groups in total. The highest BCUT2D eigenvalue weighted by molar-refractivity contribution is 7.99. The van der Waals surface area contributed by atoms with Crippen molar-refractivity contribution < 1.29 is 0 Å². The number of unbranched alkanes of at least 4 members (excludes halogenated alkanes) is 1. The van der Waals surface area contributed by atoms with E-state index in [0.29, 0.717) is 0 Å². The molecule has 0 aliphatic rings. The maximum absolute atomic E-state index is 2.35. The zero-order chi connectivity index (χ0) is 12.1. The normalized spacial score (nSPS) is 13.1. The van der Waals surface area contributed by atoms with Crippen molar-refractivity contribution in [3.63, 3.8) is 0 Å². The SMILES string of the molecule is CCCCS[C@@H](C)Cc1ccc2sccc2c1.